The van der Waals surface area contributed by atoms with E-state index in [-0.39, 0.29) is 12.5 Å². The fourth-order valence-corrected chi connectivity index (χ4v) is 8.80. The SMILES string of the molecule is CC/C=C\C/C=C\C/C=C\C/C=C\CCCCCCCCC(=O)NC(COC1OC(CO)C(O)C(O)C1O)C(O)CCCCCCCCCCCCCCCCCCCCCCCCCC. The first kappa shape index (κ1) is 62.2. The van der Waals surface area contributed by atoms with Gasteiger partial charge in [0.2, 0.25) is 5.91 Å². The lowest BCUT2D eigenvalue weighted by atomic mass is 9.99. The van der Waals surface area contributed by atoms with Crippen LogP contribution in [-0.2, 0) is 14.3 Å². The number of nitrogens with one attached hydrogen (secondary N) is 1. The maximum absolute atomic E-state index is 13.0. The van der Waals surface area contributed by atoms with Gasteiger partial charge in [-0.25, -0.2) is 0 Å². The normalized spacial score (nSPS) is 20.1. The molecule has 1 saturated heterocycles. The number of unbranched alkanes of at least 4 members (excludes halogenated alkanes) is 29. The summed E-state index contributed by atoms with van der Waals surface area (Å²) in [5, 5.41) is 54.6. The molecule has 1 aliphatic rings. The number of aliphatic hydroxyl groups is 5. The molecule has 1 aliphatic heterocycles. The van der Waals surface area contributed by atoms with E-state index in [1.165, 1.54) is 148 Å². The van der Waals surface area contributed by atoms with Gasteiger partial charge in [0.15, 0.2) is 6.29 Å². The van der Waals surface area contributed by atoms with Crippen molar-refractivity contribution in [3.8, 4) is 0 Å². The summed E-state index contributed by atoms with van der Waals surface area (Å²) in [5.41, 5.74) is 0. The molecule has 7 unspecified atom stereocenters. The van der Waals surface area contributed by atoms with E-state index in [0.29, 0.717) is 12.8 Å². The van der Waals surface area contributed by atoms with Crippen LogP contribution in [-0.4, -0.2) is 87.5 Å². The Labute approximate surface area is 405 Å². The van der Waals surface area contributed by atoms with Gasteiger partial charge in [0.1, 0.15) is 24.4 Å². The molecule has 1 amide bonds. The minimum absolute atomic E-state index is 0.145. The van der Waals surface area contributed by atoms with Gasteiger partial charge in [-0.15, -0.1) is 0 Å². The molecule has 0 aromatic heterocycles. The van der Waals surface area contributed by atoms with E-state index in [1.807, 2.05) is 0 Å². The minimum atomic E-state index is -1.56. The molecule has 9 heteroatoms. The zero-order valence-electron chi connectivity index (χ0n) is 42.7. The van der Waals surface area contributed by atoms with Crippen LogP contribution >= 0.6 is 0 Å². The van der Waals surface area contributed by atoms with Gasteiger partial charge in [0, 0.05) is 6.42 Å². The zero-order chi connectivity index (χ0) is 48.0. The third kappa shape index (κ3) is 36.2. The molecular weight excluding hydrogens is 827 g/mol. The van der Waals surface area contributed by atoms with Gasteiger partial charge in [0.25, 0.3) is 0 Å². The first-order valence-electron chi connectivity index (χ1n) is 27.8. The van der Waals surface area contributed by atoms with Crippen LogP contribution in [0.3, 0.4) is 0 Å². The smallest absolute Gasteiger partial charge is 0.220 e. The van der Waals surface area contributed by atoms with Crippen molar-refractivity contribution in [3.05, 3.63) is 48.6 Å². The summed E-state index contributed by atoms with van der Waals surface area (Å²) in [6, 6.07) is -0.729. The van der Waals surface area contributed by atoms with E-state index in [2.05, 4.69) is 67.8 Å². The van der Waals surface area contributed by atoms with Crippen LogP contribution in [0.2, 0.25) is 0 Å². The predicted octanol–water partition coefficient (Wildman–Crippen LogP) is 13.3. The van der Waals surface area contributed by atoms with Gasteiger partial charge in [0.05, 0.1) is 25.4 Å². The Morgan fingerprint density at radius 3 is 1.39 bits per heavy atom. The number of hydrogen-bond acceptors (Lipinski definition) is 8. The second-order valence-electron chi connectivity index (χ2n) is 19.4. The number of amides is 1. The Balaban J connectivity index is 2.23. The van der Waals surface area contributed by atoms with Gasteiger partial charge in [-0.3, -0.25) is 4.79 Å². The summed E-state index contributed by atoms with van der Waals surface area (Å²) in [4.78, 5) is 13.0. The fraction of sp³-hybridized carbons (Fsp3) is 0.842. The molecular formula is C57H105NO8. The standard InChI is InChI=1S/C57H105NO8/c1-3-5-7-9-11-13-15-17-19-21-23-24-25-26-27-29-30-32-34-36-38-40-42-44-46-51(60)50(49-65-57-56(64)55(63)54(62)52(48-59)66-57)58-53(61)47-45-43-41-39-37-35-33-31-28-22-20-18-16-14-12-10-8-6-4-2/h6,8,12,14,18,20,28,31,50-52,54-57,59-60,62-64H,3-5,7,9-11,13,15-17,19,21-27,29-30,32-49H2,1-2H3,(H,58,61)/b8-6-,14-12-,20-18-,31-28-. The van der Waals surface area contributed by atoms with Crippen LogP contribution in [0.25, 0.3) is 0 Å². The summed E-state index contributed by atoms with van der Waals surface area (Å²) in [5.74, 6) is -0.157. The van der Waals surface area contributed by atoms with Crippen LogP contribution in [0.4, 0.5) is 0 Å². The summed E-state index contributed by atoms with van der Waals surface area (Å²) >= 11 is 0. The molecule has 0 aliphatic carbocycles. The average molecular weight is 932 g/mol. The van der Waals surface area contributed by atoms with E-state index in [4.69, 9.17) is 9.47 Å². The number of rotatable bonds is 47. The van der Waals surface area contributed by atoms with E-state index in [0.717, 1.165) is 77.0 Å². The van der Waals surface area contributed by atoms with E-state index in [9.17, 15) is 30.3 Å². The van der Waals surface area contributed by atoms with Gasteiger partial charge < -0.3 is 40.3 Å². The van der Waals surface area contributed by atoms with Crippen LogP contribution < -0.4 is 5.32 Å². The molecule has 9 nitrogen and oxygen atoms in total. The van der Waals surface area contributed by atoms with Crippen molar-refractivity contribution in [1.82, 2.24) is 5.32 Å². The summed E-state index contributed by atoms with van der Waals surface area (Å²) < 4.78 is 11.3. The molecule has 66 heavy (non-hydrogen) atoms. The zero-order valence-corrected chi connectivity index (χ0v) is 42.7. The van der Waals surface area contributed by atoms with E-state index >= 15 is 0 Å². The highest BCUT2D eigenvalue weighted by atomic mass is 16.7. The molecule has 0 aromatic carbocycles. The molecule has 0 spiro atoms. The molecule has 1 fully saturated rings. The highest BCUT2D eigenvalue weighted by Crippen LogP contribution is 2.23. The second-order valence-corrected chi connectivity index (χ2v) is 19.4. The highest BCUT2D eigenvalue weighted by Gasteiger charge is 2.44. The van der Waals surface area contributed by atoms with Crippen LogP contribution in [0.15, 0.2) is 48.6 Å². The van der Waals surface area contributed by atoms with Crippen molar-refractivity contribution in [2.24, 2.45) is 0 Å². The Bertz CT molecular complexity index is 1170. The first-order chi connectivity index (χ1) is 32.3. The number of ether oxygens (including phenoxy) is 2. The number of hydrogen-bond donors (Lipinski definition) is 6. The van der Waals surface area contributed by atoms with Crippen molar-refractivity contribution in [1.29, 1.82) is 0 Å². The third-order valence-electron chi connectivity index (χ3n) is 13.2. The minimum Gasteiger partial charge on any atom is -0.394 e. The molecule has 0 bridgehead atoms. The molecule has 386 valence electrons. The lowest BCUT2D eigenvalue weighted by molar-refractivity contribution is -0.302. The quantitative estimate of drug-likeness (QED) is 0.0261. The molecule has 0 saturated carbocycles. The topological polar surface area (TPSA) is 149 Å². The molecule has 6 N–H and O–H groups in total. The van der Waals surface area contributed by atoms with Gasteiger partial charge in [-0.05, 0) is 51.4 Å². The molecule has 0 aromatic rings. The van der Waals surface area contributed by atoms with Crippen molar-refractivity contribution >= 4 is 5.91 Å². The molecule has 7 atom stereocenters. The highest BCUT2D eigenvalue weighted by molar-refractivity contribution is 5.76. The third-order valence-corrected chi connectivity index (χ3v) is 13.2. The van der Waals surface area contributed by atoms with Crippen molar-refractivity contribution < 1.29 is 39.8 Å². The number of carbonyl (C=O) groups is 1. The molecule has 1 rings (SSSR count). The summed E-state index contributed by atoms with van der Waals surface area (Å²) in [7, 11) is 0. The lowest BCUT2D eigenvalue weighted by Gasteiger charge is -2.40. The average Bonchev–Trinajstić information content (AvgIpc) is 3.32. The van der Waals surface area contributed by atoms with Crippen molar-refractivity contribution in [2.75, 3.05) is 13.2 Å². The van der Waals surface area contributed by atoms with Crippen molar-refractivity contribution in [2.45, 2.75) is 294 Å². The number of allylic oxidation sites excluding steroid dienone is 8. The van der Waals surface area contributed by atoms with Crippen LogP contribution in [0, 0.1) is 0 Å². The van der Waals surface area contributed by atoms with E-state index in [1.54, 1.807) is 0 Å². The summed E-state index contributed by atoms with van der Waals surface area (Å²) in [6.07, 6.45) is 54.2. The van der Waals surface area contributed by atoms with Gasteiger partial charge >= 0.3 is 0 Å². The second kappa shape index (κ2) is 46.9. The largest absolute Gasteiger partial charge is 0.394 e. The number of carbonyl (C=O) groups excluding carboxylic acids is 1. The Kier molecular flexibility index (Phi) is 44.1. The Morgan fingerprint density at radius 1 is 0.530 bits per heavy atom. The molecule has 1 heterocycles. The lowest BCUT2D eigenvalue weighted by Crippen LogP contribution is -2.60. The summed E-state index contributed by atoms with van der Waals surface area (Å²) in [6.45, 7) is 3.74. The Morgan fingerprint density at radius 2 is 0.939 bits per heavy atom. The molecule has 0 radical (unpaired) electrons. The monoisotopic (exact) mass is 932 g/mol. The maximum Gasteiger partial charge on any atom is 0.220 e. The van der Waals surface area contributed by atoms with Crippen molar-refractivity contribution in [3.63, 3.8) is 0 Å². The van der Waals surface area contributed by atoms with Crippen LogP contribution in [0.1, 0.15) is 251 Å². The first-order valence-corrected chi connectivity index (χ1v) is 27.8. The fourth-order valence-electron chi connectivity index (χ4n) is 8.80. The van der Waals surface area contributed by atoms with E-state index < -0.39 is 49.5 Å². The number of aliphatic hydroxyl groups excluding tert-OH is 5. The Hall–Kier alpha value is -1.85. The predicted molar refractivity (Wildman–Crippen MR) is 276 cm³/mol. The van der Waals surface area contributed by atoms with Gasteiger partial charge in [-0.2, -0.15) is 0 Å². The van der Waals surface area contributed by atoms with Crippen LogP contribution in [0.5, 0.6) is 0 Å². The maximum atomic E-state index is 13.0. The van der Waals surface area contributed by atoms with Gasteiger partial charge in [-0.1, -0.05) is 242 Å².